The third-order valence-electron chi connectivity index (χ3n) is 4.23. The Morgan fingerprint density at radius 3 is 2.50 bits per heavy atom. The zero-order valence-corrected chi connectivity index (χ0v) is 13.1. The lowest BCUT2D eigenvalue weighted by atomic mass is 9.80. The molecule has 3 atom stereocenters. The number of aliphatic carboxylic acids is 1. The lowest BCUT2D eigenvalue weighted by molar-refractivity contribution is -0.145. The van der Waals surface area contributed by atoms with Crippen molar-refractivity contribution in [2.24, 2.45) is 11.8 Å². The van der Waals surface area contributed by atoms with Crippen molar-refractivity contribution in [3.05, 3.63) is 34.3 Å². The summed E-state index contributed by atoms with van der Waals surface area (Å²) in [4.78, 5) is 11.6. The Morgan fingerprint density at radius 2 is 1.85 bits per heavy atom. The van der Waals surface area contributed by atoms with Crippen LogP contribution in [0.1, 0.15) is 37.7 Å². The molecule has 1 aliphatic carbocycles. The molecule has 3 unspecified atom stereocenters. The molecule has 2 N–H and O–H groups in total. The van der Waals surface area contributed by atoms with Gasteiger partial charge in [-0.1, -0.05) is 47.3 Å². The Balaban J connectivity index is 2.13. The smallest absolute Gasteiger partial charge is 0.307 e. The molecule has 3 nitrogen and oxygen atoms in total. The van der Waals surface area contributed by atoms with Gasteiger partial charge in [-0.05, 0) is 42.9 Å². The number of hydrogen-bond donors (Lipinski definition) is 2. The summed E-state index contributed by atoms with van der Waals surface area (Å²) in [5.74, 6) is -1.42. The van der Waals surface area contributed by atoms with Gasteiger partial charge in [-0.15, -0.1) is 0 Å². The Hall–Kier alpha value is -0.870. The number of aliphatic hydroxyl groups excluding tert-OH is 1. The van der Waals surface area contributed by atoms with E-state index in [0.29, 0.717) is 6.42 Å². The van der Waals surface area contributed by atoms with Crippen LogP contribution in [0.2, 0.25) is 0 Å². The normalized spacial score (nSPS) is 24.9. The van der Waals surface area contributed by atoms with E-state index < -0.39 is 18.0 Å². The highest BCUT2D eigenvalue weighted by Gasteiger charge is 2.34. The van der Waals surface area contributed by atoms with Crippen molar-refractivity contribution in [2.75, 3.05) is 0 Å². The van der Waals surface area contributed by atoms with Crippen LogP contribution in [0.3, 0.4) is 0 Å². The van der Waals surface area contributed by atoms with Gasteiger partial charge in [0.2, 0.25) is 0 Å². The van der Waals surface area contributed by atoms with Gasteiger partial charge in [-0.2, -0.15) is 0 Å². The first-order valence-corrected chi connectivity index (χ1v) is 8.02. The van der Waals surface area contributed by atoms with E-state index in [1.165, 1.54) is 0 Å². The van der Waals surface area contributed by atoms with E-state index in [-0.39, 0.29) is 5.92 Å². The van der Waals surface area contributed by atoms with Crippen molar-refractivity contribution in [1.29, 1.82) is 0 Å². The first-order valence-electron chi connectivity index (χ1n) is 7.23. The van der Waals surface area contributed by atoms with Gasteiger partial charge in [0.1, 0.15) is 0 Å². The molecular weight excluding hydrogens is 320 g/mol. The van der Waals surface area contributed by atoms with Crippen LogP contribution in [0.5, 0.6) is 0 Å². The third kappa shape index (κ3) is 4.06. The van der Waals surface area contributed by atoms with Crippen LogP contribution in [-0.2, 0) is 11.2 Å². The summed E-state index contributed by atoms with van der Waals surface area (Å²) in [6.07, 6.45) is 4.68. The minimum Gasteiger partial charge on any atom is -0.481 e. The summed E-state index contributed by atoms with van der Waals surface area (Å²) in [6.45, 7) is 0. The molecular formula is C16H21BrO3. The fraction of sp³-hybridized carbons (Fsp3) is 0.562. The molecule has 0 amide bonds. The second-order valence-corrected chi connectivity index (χ2v) is 6.56. The molecule has 1 aromatic rings. The number of carbonyl (C=O) groups is 1. The van der Waals surface area contributed by atoms with Crippen molar-refractivity contribution in [1.82, 2.24) is 0 Å². The maximum absolute atomic E-state index is 11.6. The quantitative estimate of drug-likeness (QED) is 0.822. The molecule has 0 aliphatic heterocycles. The highest BCUT2D eigenvalue weighted by Crippen LogP contribution is 2.32. The van der Waals surface area contributed by atoms with Crippen LogP contribution in [-0.4, -0.2) is 22.3 Å². The molecule has 0 bridgehead atoms. The Kier molecular flexibility index (Phi) is 5.61. The summed E-state index contributed by atoms with van der Waals surface area (Å²) in [6, 6.07) is 7.75. The van der Waals surface area contributed by atoms with Gasteiger partial charge in [0, 0.05) is 4.47 Å². The Bertz CT molecular complexity index is 444. The minimum atomic E-state index is -0.793. The summed E-state index contributed by atoms with van der Waals surface area (Å²) >= 11 is 3.38. The molecule has 4 heteroatoms. The van der Waals surface area contributed by atoms with Crippen LogP contribution in [0.25, 0.3) is 0 Å². The van der Waals surface area contributed by atoms with E-state index in [2.05, 4.69) is 15.9 Å². The molecule has 1 saturated carbocycles. The molecule has 0 heterocycles. The van der Waals surface area contributed by atoms with Gasteiger partial charge in [-0.3, -0.25) is 4.79 Å². The Morgan fingerprint density at radius 1 is 1.20 bits per heavy atom. The maximum atomic E-state index is 11.6. The van der Waals surface area contributed by atoms with Crippen LogP contribution >= 0.6 is 15.9 Å². The number of hydrogen-bond acceptors (Lipinski definition) is 2. The SMILES string of the molecule is O=C(O)C(Cc1ccc(Br)cc1)C1CCCCCC1O. The van der Waals surface area contributed by atoms with E-state index >= 15 is 0 Å². The predicted octanol–water partition coefficient (Wildman–Crippen LogP) is 3.63. The second-order valence-electron chi connectivity index (χ2n) is 5.64. The Labute approximate surface area is 128 Å². The largest absolute Gasteiger partial charge is 0.481 e. The molecule has 110 valence electrons. The van der Waals surface area contributed by atoms with E-state index in [0.717, 1.165) is 42.1 Å². The monoisotopic (exact) mass is 340 g/mol. The average molecular weight is 341 g/mol. The molecule has 0 radical (unpaired) electrons. The van der Waals surface area contributed by atoms with Crippen LogP contribution in [0, 0.1) is 11.8 Å². The number of carboxylic acid groups (broad SMARTS) is 1. The summed E-state index contributed by atoms with van der Waals surface area (Å²) in [5, 5.41) is 19.8. The topological polar surface area (TPSA) is 57.5 Å². The van der Waals surface area contributed by atoms with Gasteiger partial charge in [0.05, 0.1) is 12.0 Å². The number of halogens is 1. The molecule has 2 rings (SSSR count). The van der Waals surface area contributed by atoms with Crippen LogP contribution in [0.15, 0.2) is 28.7 Å². The summed E-state index contributed by atoms with van der Waals surface area (Å²) in [5.41, 5.74) is 1.01. The highest BCUT2D eigenvalue weighted by atomic mass is 79.9. The molecule has 0 aromatic heterocycles. The van der Waals surface area contributed by atoms with Crippen molar-refractivity contribution >= 4 is 21.9 Å². The van der Waals surface area contributed by atoms with Gasteiger partial charge in [-0.25, -0.2) is 0 Å². The highest BCUT2D eigenvalue weighted by molar-refractivity contribution is 9.10. The fourth-order valence-corrected chi connectivity index (χ4v) is 3.35. The third-order valence-corrected chi connectivity index (χ3v) is 4.76. The van der Waals surface area contributed by atoms with E-state index in [1.807, 2.05) is 24.3 Å². The molecule has 0 spiro atoms. The van der Waals surface area contributed by atoms with Crippen molar-refractivity contribution in [3.63, 3.8) is 0 Å². The molecule has 0 saturated heterocycles. The number of carboxylic acids is 1. The fourth-order valence-electron chi connectivity index (χ4n) is 3.08. The standard InChI is InChI=1S/C16H21BrO3/c17-12-8-6-11(7-9-12)10-14(16(19)20)13-4-2-1-3-5-15(13)18/h6-9,13-15,18H,1-5,10H2,(H,19,20). The van der Waals surface area contributed by atoms with Gasteiger partial charge >= 0.3 is 5.97 Å². The molecule has 1 aromatic carbocycles. The van der Waals surface area contributed by atoms with Crippen LogP contribution < -0.4 is 0 Å². The second kappa shape index (κ2) is 7.23. The summed E-state index contributed by atoms with van der Waals surface area (Å²) in [7, 11) is 0. The van der Waals surface area contributed by atoms with Crippen molar-refractivity contribution in [2.45, 2.75) is 44.6 Å². The maximum Gasteiger partial charge on any atom is 0.307 e. The zero-order valence-electron chi connectivity index (χ0n) is 11.5. The zero-order chi connectivity index (χ0) is 14.5. The molecule has 20 heavy (non-hydrogen) atoms. The lowest BCUT2D eigenvalue weighted by Gasteiger charge is -2.27. The van der Waals surface area contributed by atoms with Gasteiger partial charge in [0.25, 0.3) is 0 Å². The number of rotatable bonds is 4. The molecule has 1 fully saturated rings. The van der Waals surface area contributed by atoms with Crippen molar-refractivity contribution < 1.29 is 15.0 Å². The number of aliphatic hydroxyl groups is 1. The van der Waals surface area contributed by atoms with E-state index in [1.54, 1.807) is 0 Å². The minimum absolute atomic E-state index is 0.126. The van der Waals surface area contributed by atoms with E-state index in [9.17, 15) is 15.0 Å². The predicted molar refractivity (Wildman–Crippen MR) is 81.6 cm³/mol. The lowest BCUT2D eigenvalue weighted by Crippen LogP contribution is -2.33. The van der Waals surface area contributed by atoms with Gasteiger partial charge < -0.3 is 10.2 Å². The number of benzene rings is 1. The first kappa shape index (κ1) is 15.5. The molecule has 1 aliphatic rings. The van der Waals surface area contributed by atoms with Gasteiger partial charge in [0.15, 0.2) is 0 Å². The van der Waals surface area contributed by atoms with E-state index in [4.69, 9.17) is 0 Å². The average Bonchev–Trinajstić information content (AvgIpc) is 2.63. The van der Waals surface area contributed by atoms with Crippen LogP contribution in [0.4, 0.5) is 0 Å². The van der Waals surface area contributed by atoms with Crippen molar-refractivity contribution in [3.8, 4) is 0 Å². The summed E-state index contributed by atoms with van der Waals surface area (Å²) < 4.78 is 0.989. The first-order chi connectivity index (χ1) is 9.58.